The first-order valence-corrected chi connectivity index (χ1v) is 6.69. The van der Waals surface area contributed by atoms with Crippen molar-refractivity contribution in [1.29, 1.82) is 0 Å². The van der Waals surface area contributed by atoms with Crippen molar-refractivity contribution >= 4 is 0 Å². The standard InChI is InChI=1S/C16H19NO/c1-12(13-9-10-13)17-16(15-8-5-11-18-15)14-6-3-2-4-7-14/h2-8,11-13,16-17H,9-10H2,1H3. The van der Waals surface area contributed by atoms with Crippen molar-refractivity contribution in [2.45, 2.75) is 31.8 Å². The highest BCUT2D eigenvalue weighted by Crippen LogP contribution is 2.34. The Morgan fingerprint density at radius 1 is 1.11 bits per heavy atom. The third-order valence-electron chi connectivity index (χ3n) is 3.72. The number of nitrogens with one attached hydrogen (secondary N) is 1. The molecule has 1 aliphatic rings. The number of furan rings is 1. The van der Waals surface area contributed by atoms with Gasteiger partial charge in [-0.25, -0.2) is 0 Å². The van der Waals surface area contributed by atoms with Crippen LogP contribution in [-0.4, -0.2) is 6.04 Å². The van der Waals surface area contributed by atoms with Gasteiger partial charge in [0.1, 0.15) is 5.76 Å². The van der Waals surface area contributed by atoms with Crippen LogP contribution in [0.5, 0.6) is 0 Å². The maximum atomic E-state index is 5.59. The third kappa shape index (κ3) is 2.49. The highest BCUT2D eigenvalue weighted by atomic mass is 16.3. The average molecular weight is 241 g/mol. The van der Waals surface area contributed by atoms with Crippen LogP contribution >= 0.6 is 0 Å². The molecule has 2 heteroatoms. The molecule has 0 aliphatic heterocycles. The van der Waals surface area contributed by atoms with Gasteiger partial charge in [0.2, 0.25) is 0 Å². The maximum Gasteiger partial charge on any atom is 0.125 e. The zero-order valence-electron chi connectivity index (χ0n) is 10.7. The highest BCUT2D eigenvalue weighted by Gasteiger charge is 2.30. The van der Waals surface area contributed by atoms with Gasteiger partial charge in [-0.15, -0.1) is 0 Å². The molecule has 0 saturated heterocycles. The van der Waals surface area contributed by atoms with E-state index in [9.17, 15) is 0 Å². The molecule has 1 saturated carbocycles. The lowest BCUT2D eigenvalue weighted by atomic mass is 10.0. The van der Waals surface area contributed by atoms with Gasteiger partial charge in [-0.2, -0.15) is 0 Å². The van der Waals surface area contributed by atoms with Crippen LogP contribution < -0.4 is 5.32 Å². The van der Waals surface area contributed by atoms with E-state index in [2.05, 4.69) is 36.5 Å². The Balaban J connectivity index is 1.84. The quantitative estimate of drug-likeness (QED) is 0.862. The SMILES string of the molecule is CC(NC(c1ccccc1)c1ccco1)C1CC1. The van der Waals surface area contributed by atoms with Gasteiger partial charge in [-0.05, 0) is 43.4 Å². The summed E-state index contributed by atoms with van der Waals surface area (Å²) >= 11 is 0. The van der Waals surface area contributed by atoms with Gasteiger partial charge < -0.3 is 9.73 Å². The predicted molar refractivity (Wildman–Crippen MR) is 72.3 cm³/mol. The molecule has 1 fully saturated rings. The average Bonchev–Trinajstić information content (AvgIpc) is 3.13. The molecule has 2 aromatic rings. The van der Waals surface area contributed by atoms with Gasteiger partial charge in [0, 0.05) is 6.04 Å². The molecule has 0 radical (unpaired) electrons. The smallest absolute Gasteiger partial charge is 0.125 e. The zero-order chi connectivity index (χ0) is 12.4. The fraction of sp³-hybridized carbons (Fsp3) is 0.375. The van der Waals surface area contributed by atoms with Crippen LogP contribution in [0.1, 0.15) is 37.1 Å². The van der Waals surface area contributed by atoms with Crippen molar-refractivity contribution in [1.82, 2.24) is 5.32 Å². The minimum Gasteiger partial charge on any atom is -0.467 e. The molecule has 0 amide bonds. The Bertz CT molecular complexity index is 473. The van der Waals surface area contributed by atoms with E-state index in [4.69, 9.17) is 4.42 Å². The molecule has 2 unspecified atom stereocenters. The van der Waals surface area contributed by atoms with E-state index in [1.165, 1.54) is 18.4 Å². The topological polar surface area (TPSA) is 25.2 Å². The number of benzene rings is 1. The second kappa shape index (κ2) is 4.99. The Kier molecular flexibility index (Phi) is 3.20. The molecule has 2 nitrogen and oxygen atoms in total. The minimum atomic E-state index is 0.164. The zero-order valence-corrected chi connectivity index (χ0v) is 10.7. The lowest BCUT2D eigenvalue weighted by Crippen LogP contribution is -2.32. The molecule has 94 valence electrons. The summed E-state index contributed by atoms with van der Waals surface area (Å²) in [5.74, 6) is 1.83. The van der Waals surface area contributed by atoms with E-state index < -0.39 is 0 Å². The van der Waals surface area contributed by atoms with Crippen LogP contribution in [-0.2, 0) is 0 Å². The van der Waals surface area contributed by atoms with Crippen molar-refractivity contribution in [3.05, 3.63) is 60.1 Å². The van der Waals surface area contributed by atoms with Gasteiger partial charge in [0.15, 0.2) is 0 Å². The Hall–Kier alpha value is -1.54. The summed E-state index contributed by atoms with van der Waals surface area (Å²) in [7, 11) is 0. The second-order valence-electron chi connectivity index (χ2n) is 5.15. The molecule has 0 bridgehead atoms. The number of rotatable bonds is 5. The normalized spacial score (nSPS) is 18.5. The molecule has 1 aromatic carbocycles. The second-order valence-corrected chi connectivity index (χ2v) is 5.15. The molecule has 2 atom stereocenters. The highest BCUT2D eigenvalue weighted by molar-refractivity contribution is 5.26. The monoisotopic (exact) mass is 241 g/mol. The summed E-state index contributed by atoms with van der Waals surface area (Å²) in [6.45, 7) is 2.27. The summed E-state index contributed by atoms with van der Waals surface area (Å²) < 4.78 is 5.59. The van der Waals surface area contributed by atoms with Crippen molar-refractivity contribution in [2.75, 3.05) is 0 Å². The van der Waals surface area contributed by atoms with E-state index in [1.807, 2.05) is 18.2 Å². The summed E-state index contributed by atoms with van der Waals surface area (Å²) in [5.41, 5.74) is 1.26. The van der Waals surface area contributed by atoms with Gasteiger partial charge in [-0.3, -0.25) is 0 Å². The van der Waals surface area contributed by atoms with Crippen LogP contribution in [0.4, 0.5) is 0 Å². The largest absolute Gasteiger partial charge is 0.467 e. The number of hydrogen-bond donors (Lipinski definition) is 1. The van der Waals surface area contributed by atoms with Crippen LogP contribution in [0.2, 0.25) is 0 Å². The third-order valence-corrected chi connectivity index (χ3v) is 3.72. The minimum absolute atomic E-state index is 0.164. The van der Waals surface area contributed by atoms with Crippen molar-refractivity contribution < 1.29 is 4.42 Å². The first-order chi connectivity index (χ1) is 8.84. The summed E-state index contributed by atoms with van der Waals surface area (Å²) in [5, 5.41) is 3.70. The number of hydrogen-bond acceptors (Lipinski definition) is 2. The fourth-order valence-electron chi connectivity index (χ4n) is 2.44. The Morgan fingerprint density at radius 2 is 1.89 bits per heavy atom. The van der Waals surface area contributed by atoms with Gasteiger partial charge in [0.25, 0.3) is 0 Å². The molecule has 0 spiro atoms. The van der Waals surface area contributed by atoms with Gasteiger partial charge in [0.05, 0.1) is 12.3 Å². The fourth-order valence-corrected chi connectivity index (χ4v) is 2.44. The Labute approximate surface area is 108 Å². The molecule has 3 rings (SSSR count). The lowest BCUT2D eigenvalue weighted by Gasteiger charge is -2.22. The maximum absolute atomic E-state index is 5.59. The van der Waals surface area contributed by atoms with E-state index in [0.717, 1.165) is 11.7 Å². The van der Waals surface area contributed by atoms with Crippen LogP contribution in [0.25, 0.3) is 0 Å². The molecule has 18 heavy (non-hydrogen) atoms. The predicted octanol–water partition coefficient (Wildman–Crippen LogP) is 3.76. The van der Waals surface area contributed by atoms with Crippen LogP contribution in [0.3, 0.4) is 0 Å². The molecule has 1 aromatic heterocycles. The molecular weight excluding hydrogens is 222 g/mol. The van der Waals surface area contributed by atoms with E-state index in [0.29, 0.717) is 6.04 Å². The van der Waals surface area contributed by atoms with E-state index in [-0.39, 0.29) is 6.04 Å². The van der Waals surface area contributed by atoms with Crippen molar-refractivity contribution in [3.8, 4) is 0 Å². The summed E-state index contributed by atoms with van der Waals surface area (Å²) in [6, 6.07) is 15.2. The molecule has 1 aliphatic carbocycles. The van der Waals surface area contributed by atoms with Crippen LogP contribution in [0.15, 0.2) is 53.1 Å². The van der Waals surface area contributed by atoms with Gasteiger partial charge >= 0.3 is 0 Å². The molecule has 1 N–H and O–H groups in total. The van der Waals surface area contributed by atoms with E-state index in [1.54, 1.807) is 6.26 Å². The summed E-state index contributed by atoms with van der Waals surface area (Å²) in [6.07, 6.45) is 4.45. The van der Waals surface area contributed by atoms with Crippen molar-refractivity contribution in [3.63, 3.8) is 0 Å². The summed E-state index contributed by atoms with van der Waals surface area (Å²) in [4.78, 5) is 0. The first kappa shape index (κ1) is 11.5. The van der Waals surface area contributed by atoms with Gasteiger partial charge in [-0.1, -0.05) is 30.3 Å². The lowest BCUT2D eigenvalue weighted by molar-refractivity contribution is 0.396. The molecule has 1 heterocycles. The van der Waals surface area contributed by atoms with E-state index >= 15 is 0 Å². The molecular formula is C16H19NO. The Morgan fingerprint density at radius 3 is 2.50 bits per heavy atom. The first-order valence-electron chi connectivity index (χ1n) is 6.69. The van der Waals surface area contributed by atoms with Crippen molar-refractivity contribution in [2.24, 2.45) is 5.92 Å². The van der Waals surface area contributed by atoms with Crippen LogP contribution in [0, 0.1) is 5.92 Å².